The molecule has 1 aliphatic heterocycles. The van der Waals surface area contributed by atoms with Crippen LogP contribution in [0, 0.1) is 13.8 Å². The van der Waals surface area contributed by atoms with Crippen LogP contribution in [0.5, 0.6) is 0 Å². The summed E-state index contributed by atoms with van der Waals surface area (Å²) in [5.74, 6) is 1.27. The number of hydrogen-bond donors (Lipinski definition) is 0. The number of anilines is 1. The molecule has 162 valence electrons. The van der Waals surface area contributed by atoms with E-state index in [0.29, 0.717) is 23.8 Å². The number of nitrogens with zero attached hydrogens (tertiary/aromatic N) is 5. The van der Waals surface area contributed by atoms with Gasteiger partial charge in [-0.05, 0) is 54.2 Å². The summed E-state index contributed by atoms with van der Waals surface area (Å²) in [4.78, 5) is 24.0. The summed E-state index contributed by atoms with van der Waals surface area (Å²) in [5.41, 5.74) is 8.22. The van der Waals surface area contributed by atoms with Crippen LogP contribution in [-0.2, 0) is 13.0 Å². The zero-order valence-corrected chi connectivity index (χ0v) is 19.0. The van der Waals surface area contributed by atoms with Gasteiger partial charge < -0.3 is 4.90 Å². The van der Waals surface area contributed by atoms with Crippen molar-refractivity contribution in [3.05, 3.63) is 87.1 Å². The minimum atomic E-state index is -0.152. The van der Waals surface area contributed by atoms with Gasteiger partial charge in [0.1, 0.15) is 0 Å². The Hall–Kier alpha value is -3.54. The van der Waals surface area contributed by atoms with Gasteiger partial charge >= 0.3 is 0 Å². The minimum absolute atomic E-state index is 0.152. The lowest BCUT2D eigenvalue weighted by Crippen LogP contribution is -2.33. The Morgan fingerprint density at radius 3 is 2.69 bits per heavy atom. The largest absolute Gasteiger partial charge is 0.350 e. The second kappa shape index (κ2) is 7.86. The maximum atomic E-state index is 12.5. The van der Waals surface area contributed by atoms with Crippen molar-refractivity contribution in [2.24, 2.45) is 0 Å². The van der Waals surface area contributed by atoms with Crippen molar-refractivity contribution in [3.8, 4) is 11.1 Å². The standard InChI is InChI=1S/C26H27N5O/c1-16(2)21-7-5-6-8-22(21)19-13-20-15-30(10-9-23(20)27-14-19)26-17(3)11-24-28-18(4)12-25(32)31(24)29-26/h5-8,11-14,16H,9-10,15H2,1-4H3. The van der Waals surface area contributed by atoms with Crippen LogP contribution in [0.25, 0.3) is 16.8 Å². The normalized spacial score (nSPS) is 13.6. The molecule has 4 heterocycles. The third-order valence-corrected chi connectivity index (χ3v) is 6.17. The van der Waals surface area contributed by atoms with Crippen LogP contribution in [-0.4, -0.2) is 26.1 Å². The highest BCUT2D eigenvalue weighted by Gasteiger charge is 2.22. The molecule has 0 bridgehead atoms. The van der Waals surface area contributed by atoms with E-state index in [-0.39, 0.29) is 5.56 Å². The summed E-state index contributed by atoms with van der Waals surface area (Å²) in [5, 5.41) is 4.68. The Labute approximate surface area is 187 Å². The topological polar surface area (TPSA) is 63.4 Å². The lowest BCUT2D eigenvalue weighted by atomic mass is 9.92. The van der Waals surface area contributed by atoms with Crippen LogP contribution in [0.1, 0.15) is 47.8 Å². The van der Waals surface area contributed by atoms with Gasteiger partial charge in [0.15, 0.2) is 11.5 Å². The number of fused-ring (bicyclic) bond motifs is 2. The fourth-order valence-corrected chi connectivity index (χ4v) is 4.57. The Kier molecular flexibility index (Phi) is 5.00. The van der Waals surface area contributed by atoms with Crippen LogP contribution >= 0.6 is 0 Å². The Bertz CT molecular complexity index is 1390. The van der Waals surface area contributed by atoms with E-state index >= 15 is 0 Å². The fourth-order valence-electron chi connectivity index (χ4n) is 4.57. The predicted molar refractivity (Wildman–Crippen MR) is 127 cm³/mol. The molecule has 0 fully saturated rings. The minimum Gasteiger partial charge on any atom is -0.350 e. The zero-order chi connectivity index (χ0) is 22.4. The van der Waals surface area contributed by atoms with Gasteiger partial charge in [-0.3, -0.25) is 9.78 Å². The van der Waals surface area contributed by atoms with Crippen molar-refractivity contribution in [2.45, 2.75) is 46.6 Å². The molecule has 0 saturated carbocycles. The van der Waals surface area contributed by atoms with Crippen molar-refractivity contribution >= 4 is 11.5 Å². The number of aryl methyl sites for hydroxylation is 2. The molecule has 0 N–H and O–H groups in total. The molecular weight excluding hydrogens is 398 g/mol. The smallest absolute Gasteiger partial charge is 0.274 e. The molecule has 0 atom stereocenters. The van der Waals surface area contributed by atoms with E-state index in [1.165, 1.54) is 27.3 Å². The first-order valence-corrected chi connectivity index (χ1v) is 11.1. The van der Waals surface area contributed by atoms with Gasteiger partial charge in [0.05, 0.1) is 0 Å². The van der Waals surface area contributed by atoms with Crippen molar-refractivity contribution in [1.29, 1.82) is 0 Å². The molecule has 6 nitrogen and oxygen atoms in total. The second-order valence-corrected chi connectivity index (χ2v) is 8.90. The quantitative estimate of drug-likeness (QED) is 0.485. The van der Waals surface area contributed by atoms with Gasteiger partial charge in [-0.25, -0.2) is 4.98 Å². The first-order chi connectivity index (χ1) is 15.4. The molecule has 32 heavy (non-hydrogen) atoms. The lowest BCUT2D eigenvalue weighted by Gasteiger charge is -2.30. The van der Waals surface area contributed by atoms with Crippen molar-refractivity contribution < 1.29 is 0 Å². The third-order valence-electron chi connectivity index (χ3n) is 6.17. The number of pyridine rings is 1. The number of rotatable bonds is 3. The third kappa shape index (κ3) is 3.55. The molecule has 0 saturated heterocycles. The highest BCUT2D eigenvalue weighted by atomic mass is 16.1. The van der Waals surface area contributed by atoms with Crippen LogP contribution in [0.15, 0.2) is 53.5 Å². The van der Waals surface area contributed by atoms with E-state index in [9.17, 15) is 4.79 Å². The van der Waals surface area contributed by atoms with E-state index in [4.69, 9.17) is 4.98 Å². The molecule has 5 rings (SSSR count). The summed E-state index contributed by atoms with van der Waals surface area (Å²) in [6, 6.07) is 14.3. The number of benzene rings is 1. The number of hydrogen-bond acceptors (Lipinski definition) is 5. The van der Waals surface area contributed by atoms with Gasteiger partial charge in [-0.15, -0.1) is 5.10 Å². The molecule has 3 aromatic heterocycles. The summed E-state index contributed by atoms with van der Waals surface area (Å²) in [7, 11) is 0. The van der Waals surface area contributed by atoms with Gasteiger partial charge in [-0.1, -0.05) is 38.1 Å². The van der Waals surface area contributed by atoms with Gasteiger partial charge in [0, 0.05) is 48.7 Å². The molecule has 0 unspecified atom stereocenters. The molecule has 0 amide bonds. The van der Waals surface area contributed by atoms with Crippen molar-refractivity contribution in [2.75, 3.05) is 11.4 Å². The van der Waals surface area contributed by atoms with E-state index < -0.39 is 0 Å². The second-order valence-electron chi connectivity index (χ2n) is 8.90. The molecule has 0 aliphatic carbocycles. The maximum absolute atomic E-state index is 12.5. The Morgan fingerprint density at radius 2 is 1.88 bits per heavy atom. The lowest BCUT2D eigenvalue weighted by molar-refractivity contribution is 0.685. The Morgan fingerprint density at radius 1 is 1.06 bits per heavy atom. The zero-order valence-electron chi connectivity index (χ0n) is 19.0. The molecule has 1 aromatic carbocycles. The molecule has 4 aromatic rings. The van der Waals surface area contributed by atoms with Gasteiger partial charge in [0.25, 0.3) is 5.56 Å². The molecule has 6 heteroatoms. The molecule has 1 aliphatic rings. The van der Waals surface area contributed by atoms with E-state index in [0.717, 1.165) is 35.6 Å². The SMILES string of the molecule is Cc1cc(=O)n2nc(N3CCc4ncc(-c5ccccc5C(C)C)cc4C3)c(C)cc2n1. The summed E-state index contributed by atoms with van der Waals surface area (Å²) in [6.45, 7) is 9.83. The van der Waals surface area contributed by atoms with E-state index in [1.54, 1.807) is 0 Å². The maximum Gasteiger partial charge on any atom is 0.274 e. The van der Waals surface area contributed by atoms with Crippen LogP contribution < -0.4 is 10.5 Å². The average molecular weight is 426 g/mol. The highest BCUT2D eigenvalue weighted by molar-refractivity contribution is 5.68. The summed E-state index contributed by atoms with van der Waals surface area (Å²) >= 11 is 0. The molecule has 0 spiro atoms. The van der Waals surface area contributed by atoms with E-state index in [2.05, 4.69) is 59.2 Å². The Balaban J connectivity index is 1.53. The van der Waals surface area contributed by atoms with E-state index in [1.807, 2.05) is 26.1 Å². The van der Waals surface area contributed by atoms with Crippen molar-refractivity contribution in [3.63, 3.8) is 0 Å². The van der Waals surface area contributed by atoms with Crippen LogP contribution in [0.4, 0.5) is 5.82 Å². The van der Waals surface area contributed by atoms with Crippen LogP contribution in [0.2, 0.25) is 0 Å². The molecular formula is C26H27N5O. The molecule has 0 radical (unpaired) electrons. The highest BCUT2D eigenvalue weighted by Crippen LogP contribution is 2.32. The fraction of sp³-hybridized carbons (Fsp3) is 0.308. The summed E-state index contributed by atoms with van der Waals surface area (Å²) < 4.78 is 1.40. The van der Waals surface area contributed by atoms with Gasteiger partial charge in [-0.2, -0.15) is 4.52 Å². The monoisotopic (exact) mass is 425 g/mol. The first kappa shape index (κ1) is 20.4. The van der Waals surface area contributed by atoms with Crippen molar-refractivity contribution in [1.82, 2.24) is 19.6 Å². The first-order valence-electron chi connectivity index (χ1n) is 11.1. The average Bonchev–Trinajstić information content (AvgIpc) is 2.77. The van der Waals surface area contributed by atoms with Gasteiger partial charge in [0.2, 0.25) is 0 Å². The summed E-state index contributed by atoms with van der Waals surface area (Å²) in [6.07, 6.45) is 2.85. The van der Waals surface area contributed by atoms with Crippen LogP contribution in [0.3, 0.4) is 0 Å². The number of aromatic nitrogens is 4. The predicted octanol–water partition coefficient (Wildman–Crippen LogP) is 4.45.